The first-order valence-corrected chi connectivity index (χ1v) is 6.00. The van der Waals surface area contributed by atoms with E-state index in [4.69, 9.17) is 15.2 Å². The van der Waals surface area contributed by atoms with Gasteiger partial charge in [-0.05, 0) is 41.0 Å². The van der Waals surface area contributed by atoms with Gasteiger partial charge in [0.1, 0.15) is 0 Å². The summed E-state index contributed by atoms with van der Waals surface area (Å²) >= 11 is 3.41. The minimum atomic E-state index is -0.0572. The molecule has 5 heteroatoms. The minimum Gasteiger partial charge on any atom is -0.493 e. The summed E-state index contributed by atoms with van der Waals surface area (Å²) in [4.78, 5) is 12.0. The summed E-state index contributed by atoms with van der Waals surface area (Å²) in [6.45, 7) is 2.20. The number of benzene rings is 1. The molecule has 94 valence electrons. The number of ether oxygens (including phenoxy) is 2. The molecule has 0 saturated carbocycles. The Morgan fingerprint density at radius 1 is 1.41 bits per heavy atom. The molecular weight excluding hydrogens is 286 g/mol. The molecule has 0 fully saturated rings. The van der Waals surface area contributed by atoms with Crippen LogP contribution in [0.5, 0.6) is 11.5 Å². The van der Waals surface area contributed by atoms with Gasteiger partial charge in [-0.3, -0.25) is 4.79 Å². The smallest absolute Gasteiger partial charge is 0.172 e. The average Bonchev–Trinajstić information content (AvgIpc) is 2.31. The molecule has 0 heterocycles. The number of aryl methyl sites for hydroxylation is 1. The summed E-state index contributed by atoms with van der Waals surface area (Å²) < 4.78 is 11.2. The normalized spacial score (nSPS) is 10.2. The molecule has 0 aliphatic heterocycles. The lowest BCUT2D eigenvalue weighted by Gasteiger charge is -2.15. The maximum Gasteiger partial charge on any atom is 0.172 e. The highest BCUT2D eigenvalue weighted by molar-refractivity contribution is 9.10. The molecule has 17 heavy (non-hydrogen) atoms. The van der Waals surface area contributed by atoms with E-state index in [1.807, 2.05) is 13.0 Å². The van der Waals surface area contributed by atoms with E-state index in [0.29, 0.717) is 23.6 Å². The molecule has 4 nitrogen and oxygen atoms in total. The highest BCUT2D eigenvalue weighted by atomic mass is 79.9. The van der Waals surface area contributed by atoms with E-state index in [9.17, 15) is 4.79 Å². The molecule has 1 aromatic rings. The van der Waals surface area contributed by atoms with Crippen LogP contribution in [0.3, 0.4) is 0 Å². The molecule has 0 aromatic heterocycles. The largest absolute Gasteiger partial charge is 0.493 e. The maximum absolute atomic E-state index is 12.0. The first kappa shape index (κ1) is 14.0. The van der Waals surface area contributed by atoms with Crippen LogP contribution in [0, 0.1) is 6.92 Å². The zero-order valence-electron chi connectivity index (χ0n) is 10.2. The van der Waals surface area contributed by atoms with Crippen molar-refractivity contribution in [3.05, 3.63) is 21.7 Å². The van der Waals surface area contributed by atoms with Crippen LogP contribution in [0.4, 0.5) is 0 Å². The van der Waals surface area contributed by atoms with Crippen LogP contribution in [0.25, 0.3) is 0 Å². The van der Waals surface area contributed by atoms with Crippen molar-refractivity contribution in [3.63, 3.8) is 0 Å². The van der Waals surface area contributed by atoms with E-state index >= 15 is 0 Å². The zero-order valence-corrected chi connectivity index (χ0v) is 11.8. The second-order valence-electron chi connectivity index (χ2n) is 3.58. The molecule has 0 aliphatic carbocycles. The summed E-state index contributed by atoms with van der Waals surface area (Å²) in [5.41, 5.74) is 6.82. The van der Waals surface area contributed by atoms with Gasteiger partial charge in [-0.25, -0.2) is 0 Å². The van der Waals surface area contributed by atoms with Gasteiger partial charge < -0.3 is 15.2 Å². The third-order valence-corrected chi connectivity index (χ3v) is 3.46. The van der Waals surface area contributed by atoms with E-state index in [2.05, 4.69) is 15.9 Å². The Hall–Kier alpha value is -1.07. The molecule has 0 unspecified atom stereocenters. The predicted molar refractivity (Wildman–Crippen MR) is 70.0 cm³/mol. The lowest BCUT2D eigenvalue weighted by Crippen LogP contribution is -2.11. The summed E-state index contributed by atoms with van der Waals surface area (Å²) in [6.07, 6.45) is 0.279. The molecule has 2 N–H and O–H groups in total. The van der Waals surface area contributed by atoms with Gasteiger partial charge in [0.25, 0.3) is 0 Å². The molecule has 0 bridgehead atoms. The van der Waals surface area contributed by atoms with E-state index in [1.54, 1.807) is 7.11 Å². The first-order chi connectivity index (χ1) is 8.06. The van der Waals surface area contributed by atoms with E-state index in [0.717, 1.165) is 10.0 Å². The molecule has 0 aliphatic rings. The van der Waals surface area contributed by atoms with Gasteiger partial charge in [-0.2, -0.15) is 0 Å². The van der Waals surface area contributed by atoms with Gasteiger partial charge in [0.15, 0.2) is 17.3 Å². The fourth-order valence-corrected chi connectivity index (χ4v) is 2.12. The van der Waals surface area contributed by atoms with Crippen LogP contribution in [0.15, 0.2) is 10.5 Å². The Kier molecular flexibility index (Phi) is 4.96. The van der Waals surface area contributed by atoms with E-state index in [1.165, 1.54) is 7.11 Å². The van der Waals surface area contributed by atoms with Crippen LogP contribution in [0.1, 0.15) is 22.3 Å². The number of Topliss-reactive ketones (excluding diaryl/α,β-unsaturated/α-hetero) is 1. The van der Waals surface area contributed by atoms with Gasteiger partial charge >= 0.3 is 0 Å². The molecule has 0 amide bonds. The quantitative estimate of drug-likeness (QED) is 0.848. The topological polar surface area (TPSA) is 61.5 Å². The van der Waals surface area contributed by atoms with E-state index < -0.39 is 0 Å². The van der Waals surface area contributed by atoms with Gasteiger partial charge in [0.05, 0.1) is 19.8 Å². The minimum absolute atomic E-state index is 0.0572. The van der Waals surface area contributed by atoms with Crippen molar-refractivity contribution in [3.8, 4) is 11.5 Å². The lowest BCUT2D eigenvalue weighted by molar-refractivity contribution is 0.0981. The van der Waals surface area contributed by atoms with E-state index in [-0.39, 0.29) is 12.2 Å². The Balaban J connectivity index is 3.43. The zero-order chi connectivity index (χ0) is 13.0. The van der Waals surface area contributed by atoms with Crippen molar-refractivity contribution in [1.29, 1.82) is 0 Å². The molecule has 0 saturated heterocycles. The number of halogens is 1. The number of hydrogen-bond acceptors (Lipinski definition) is 4. The number of methoxy groups -OCH3 is 2. The SMILES string of the molecule is COc1cc(C)c(Br)c(C(=O)CCN)c1OC. The lowest BCUT2D eigenvalue weighted by atomic mass is 10.0. The molecule has 1 aromatic carbocycles. The van der Waals surface area contributed by atoms with Crippen LogP contribution < -0.4 is 15.2 Å². The van der Waals surface area contributed by atoms with Crippen LogP contribution in [-0.4, -0.2) is 26.5 Å². The van der Waals surface area contributed by atoms with Crippen molar-refractivity contribution < 1.29 is 14.3 Å². The molecule has 0 spiro atoms. The second kappa shape index (κ2) is 6.02. The molecule has 0 radical (unpaired) electrons. The van der Waals surface area contributed by atoms with Gasteiger partial charge in [-0.1, -0.05) is 0 Å². The van der Waals surface area contributed by atoms with Crippen molar-refractivity contribution >= 4 is 21.7 Å². The van der Waals surface area contributed by atoms with Crippen molar-refractivity contribution in [1.82, 2.24) is 0 Å². The summed E-state index contributed by atoms with van der Waals surface area (Å²) in [7, 11) is 3.06. The fraction of sp³-hybridized carbons (Fsp3) is 0.417. The standard InChI is InChI=1S/C12H16BrNO3/c1-7-6-9(16-2)12(17-3)10(11(7)13)8(15)4-5-14/h6H,4-5,14H2,1-3H3. The van der Waals surface area contributed by atoms with Crippen LogP contribution in [-0.2, 0) is 0 Å². The van der Waals surface area contributed by atoms with Gasteiger partial charge in [-0.15, -0.1) is 0 Å². The number of rotatable bonds is 5. The number of carbonyl (C=O) groups is 1. The Labute approximate surface area is 109 Å². The number of carbonyl (C=O) groups excluding carboxylic acids is 1. The predicted octanol–water partition coefficient (Wildman–Crippen LogP) is 2.31. The number of nitrogens with two attached hydrogens (primary N) is 1. The second-order valence-corrected chi connectivity index (χ2v) is 4.37. The average molecular weight is 302 g/mol. The van der Waals surface area contributed by atoms with Crippen LogP contribution >= 0.6 is 15.9 Å². The Bertz CT molecular complexity index is 432. The first-order valence-electron chi connectivity index (χ1n) is 5.21. The molecule has 1 rings (SSSR count). The summed E-state index contributed by atoms with van der Waals surface area (Å²) in [5, 5.41) is 0. The number of hydrogen-bond donors (Lipinski definition) is 1. The van der Waals surface area contributed by atoms with Crippen molar-refractivity contribution in [2.24, 2.45) is 5.73 Å². The van der Waals surface area contributed by atoms with Gasteiger partial charge in [0, 0.05) is 10.9 Å². The van der Waals surface area contributed by atoms with Gasteiger partial charge in [0.2, 0.25) is 0 Å². The number of ketones is 1. The third-order valence-electron chi connectivity index (χ3n) is 2.44. The summed E-state index contributed by atoms with van der Waals surface area (Å²) in [5.74, 6) is 0.940. The van der Waals surface area contributed by atoms with Crippen molar-refractivity contribution in [2.75, 3.05) is 20.8 Å². The summed E-state index contributed by atoms with van der Waals surface area (Å²) in [6, 6.07) is 1.82. The Morgan fingerprint density at radius 2 is 2.06 bits per heavy atom. The third kappa shape index (κ3) is 2.79. The van der Waals surface area contributed by atoms with Crippen LogP contribution in [0.2, 0.25) is 0 Å². The fourth-order valence-electron chi connectivity index (χ4n) is 1.60. The Morgan fingerprint density at radius 3 is 2.53 bits per heavy atom. The van der Waals surface area contributed by atoms with Crippen molar-refractivity contribution in [2.45, 2.75) is 13.3 Å². The monoisotopic (exact) mass is 301 g/mol. The highest BCUT2D eigenvalue weighted by Gasteiger charge is 2.21. The molecule has 0 atom stereocenters. The highest BCUT2D eigenvalue weighted by Crippen LogP contribution is 2.39. The molecular formula is C12H16BrNO3. The maximum atomic E-state index is 12.0.